The highest BCUT2D eigenvalue weighted by atomic mass is 15.3. The molecule has 0 aromatic carbocycles. The number of nitriles is 1. The van der Waals surface area contributed by atoms with Crippen molar-refractivity contribution in [1.29, 1.82) is 5.26 Å². The highest BCUT2D eigenvalue weighted by Gasteiger charge is 2.09. The van der Waals surface area contributed by atoms with E-state index in [1.165, 1.54) is 0 Å². The van der Waals surface area contributed by atoms with Gasteiger partial charge in [-0.05, 0) is 26.6 Å². The Balaban J connectivity index is 2.77. The highest BCUT2D eigenvalue weighted by molar-refractivity contribution is 5.33. The summed E-state index contributed by atoms with van der Waals surface area (Å²) in [5, 5.41) is 8.82. The lowest BCUT2D eigenvalue weighted by Crippen LogP contribution is -2.33. The largest absolute Gasteiger partial charge is 0.340 e. The van der Waals surface area contributed by atoms with Gasteiger partial charge in [-0.2, -0.15) is 5.26 Å². The topological polar surface area (TPSA) is 56.0 Å². The number of anilines is 1. The lowest BCUT2D eigenvalue weighted by Gasteiger charge is -2.23. The first-order valence-corrected chi connectivity index (χ1v) is 5.80. The van der Waals surface area contributed by atoms with E-state index in [1.54, 1.807) is 12.3 Å². The van der Waals surface area contributed by atoms with Crippen molar-refractivity contribution in [3.8, 4) is 6.07 Å². The maximum absolute atomic E-state index is 8.82. The van der Waals surface area contributed by atoms with Crippen molar-refractivity contribution < 1.29 is 0 Å². The van der Waals surface area contributed by atoms with Crippen molar-refractivity contribution in [1.82, 2.24) is 14.9 Å². The van der Waals surface area contributed by atoms with E-state index in [0.29, 0.717) is 11.6 Å². The second kappa shape index (κ2) is 6.81. The second-order valence-corrected chi connectivity index (χ2v) is 4.14. The lowest BCUT2D eigenvalue weighted by atomic mass is 10.4. The third-order valence-corrected chi connectivity index (χ3v) is 2.35. The molecule has 1 aromatic rings. The molecule has 0 fully saturated rings. The Morgan fingerprint density at radius 3 is 2.65 bits per heavy atom. The van der Waals surface area contributed by atoms with Gasteiger partial charge in [-0.25, -0.2) is 9.97 Å². The fourth-order valence-corrected chi connectivity index (χ4v) is 1.47. The van der Waals surface area contributed by atoms with Crippen LogP contribution in [-0.2, 0) is 0 Å². The minimum Gasteiger partial charge on any atom is -0.340 e. The van der Waals surface area contributed by atoms with Crippen molar-refractivity contribution in [2.45, 2.75) is 13.3 Å². The van der Waals surface area contributed by atoms with Gasteiger partial charge in [-0.1, -0.05) is 6.92 Å². The molecule has 0 unspecified atom stereocenters. The zero-order valence-electron chi connectivity index (χ0n) is 10.7. The number of aromatic nitrogens is 2. The minimum absolute atomic E-state index is 0.418. The lowest BCUT2D eigenvalue weighted by molar-refractivity contribution is 0.411. The predicted molar refractivity (Wildman–Crippen MR) is 67.8 cm³/mol. The number of rotatable bonds is 6. The molecule has 5 nitrogen and oxygen atoms in total. The Bertz CT molecular complexity index is 383. The molecule has 0 bridgehead atoms. The van der Waals surface area contributed by atoms with Crippen molar-refractivity contribution >= 4 is 5.95 Å². The molecule has 0 atom stereocenters. The molecular formula is C12H19N5. The van der Waals surface area contributed by atoms with Crippen LogP contribution in [0.3, 0.4) is 0 Å². The van der Waals surface area contributed by atoms with Crippen molar-refractivity contribution in [3.63, 3.8) is 0 Å². The highest BCUT2D eigenvalue weighted by Crippen LogP contribution is 2.07. The number of hydrogen-bond acceptors (Lipinski definition) is 5. The van der Waals surface area contributed by atoms with Crippen molar-refractivity contribution in [3.05, 3.63) is 18.0 Å². The van der Waals surface area contributed by atoms with Gasteiger partial charge >= 0.3 is 0 Å². The Hall–Kier alpha value is -1.67. The fourth-order valence-electron chi connectivity index (χ4n) is 1.47. The molecule has 0 N–H and O–H groups in total. The molecule has 5 heteroatoms. The molecule has 0 saturated heterocycles. The van der Waals surface area contributed by atoms with Gasteiger partial charge in [0.15, 0.2) is 0 Å². The van der Waals surface area contributed by atoms with Crippen LogP contribution in [-0.4, -0.2) is 48.6 Å². The van der Waals surface area contributed by atoms with E-state index in [9.17, 15) is 0 Å². The van der Waals surface area contributed by atoms with Gasteiger partial charge in [0.2, 0.25) is 5.95 Å². The smallest absolute Gasteiger partial charge is 0.226 e. The number of hydrogen-bond donors (Lipinski definition) is 0. The van der Waals surface area contributed by atoms with Crippen LogP contribution in [0.25, 0.3) is 0 Å². The molecule has 1 heterocycles. The maximum Gasteiger partial charge on any atom is 0.226 e. The average Bonchev–Trinajstić information content (AvgIpc) is 2.34. The zero-order chi connectivity index (χ0) is 12.7. The van der Waals surface area contributed by atoms with Crippen LogP contribution in [0.5, 0.6) is 0 Å². The van der Waals surface area contributed by atoms with Crippen molar-refractivity contribution in [2.24, 2.45) is 0 Å². The Labute approximate surface area is 103 Å². The predicted octanol–water partition coefficient (Wildman–Crippen LogP) is 1.13. The summed E-state index contributed by atoms with van der Waals surface area (Å²) in [5.41, 5.74) is 0.418. The van der Waals surface area contributed by atoms with Gasteiger partial charge in [0.1, 0.15) is 11.8 Å². The normalized spacial score (nSPS) is 10.3. The first-order chi connectivity index (χ1) is 8.17. The molecule has 0 aliphatic carbocycles. The van der Waals surface area contributed by atoms with Crippen LogP contribution < -0.4 is 4.90 Å². The zero-order valence-corrected chi connectivity index (χ0v) is 10.7. The number of nitrogens with zero attached hydrogens (tertiary/aromatic N) is 5. The van der Waals surface area contributed by atoms with Gasteiger partial charge in [0.05, 0.1) is 0 Å². The summed E-state index contributed by atoms with van der Waals surface area (Å²) in [5.74, 6) is 0.646. The van der Waals surface area contributed by atoms with Crippen LogP contribution in [0.4, 0.5) is 5.95 Å². The summed E-state index contributed by atoms with van der Waals surface area (Å²) in [4.78, 5) is 12.7. The molecule has 0 aliphatic rings. The monoisotopic (exact) mass is 233 g/mol. The van der Waals surface area contributed by atoms with E-state index in [1.807, 2.05) is 20.2 Å². The van der Waals surface area contributed by atoms with Crippen LogP contribution in [0.15, 0.2) is 12.3 Å². The van der Waals surface area contributed by atoms with Gasteiger partial charge in [-0.3, -0.25) is 0 Å². The van der Waals surface area contributed by atoms with Gasteiger partial charge in [0, 0.05) is 25.8 Å². The third-order valence-electron chi connectivity index (χ3n) is 2.35. The molecule has 0 saturated carbocycles. The second-order valence-electron chi connectivity index (χ2n) is 4.14. The molecule has 1 aromatic heterocycles. The summed E-state index contributed by atoms with van der Waals surface area (Å²) in [6, 6.07) is 3.67. The van der Waals surface area contributed by atoms with Gasteiger partial charge < -0.3 is 9.80 Å². The summed E-state index contributed by atoms with van der Waals surface area (Å²) in [6.45, 7) is 4.84. The minimum atomic E-state index is 0.418. The van der Waals surface area contributed by atoms with Crippen LogP contribution in [0.2, 0.25) is 0 Å². The van der Waals surface area contributed by atoms with Crippen LogP contribution in [0, 0.1) is 11.3 Å². The molecule has 17 heavy (non-hydrogen) atoms. The Kier molecular flexibility index (Phi) is 5.37. The van der Waals surface area contributed by atoms with Gasteiger partial charge in [-0.15, -0.1) is 0 Å². The summed E-state index contributed by atoms with van der Waals surface area (Å²) < 4.78 is 0. The number of likely N-dealkylation sites (N-methyl/N-ethyl adjacent to an activating group) is 1. The third kappa shape index (κ3) is 4.37. The standard InChI is InChI=1S/C12H19N5/c1-4-7-17(9-8-16(2)3)12-14-6-5-11(10-13)15-12/h5-6H,4,7-9H2,1-3H3. The molecule has 1 rings (SSSR count). The van der Waals surface area contributed by atoms with E-state index >= 15 is 0 Å². The Morgan fingerprint density at radius 2 is 2.06 bits per heavy atom. The summed E-state index contributed by atoms with van der Waals surface area (Å²) in [7, 11) is 4.08. The SMILES string of the molecule is CCCN(CCN(C)C)c1nccc(C#N)n1. The maximum atomic E-state index is 8.82. The van der Waals surface area contributed by atoms with Crippen molar-refractivity contribution in [2.75, 3.05) is 38.6 Å². The first kappa shape index (κ1) is 13.4. The van der Waals surface area contributed by atoms with E-state index in [4.69, 9.17) is 5.26 Å². The molecule has 0 radical (unpaired) electrons. The molecule has 0 amide bonds. The average molecular weight is 233 g/mol. The molecule has 0 spiro atoms. The molecule has 92 valence electrons. The molecule has 0 aliphatic heterocycles. The first-order valence-electron chi connectivity index (χ1n) is 5.80. The Morgan fingerprint density at radius 1 is 1.29 bits per heavy atom. The van der Waals surface area contributed by atoms with E-state index in [0.717, 1.165) is 26.1 Å². The van der Waals surface area contributed by atoms with Crippen LogP contribution >= 0.6 is 0 Å². The molecular weight excluding hydrogens is 214 g/mol. The van der Waals surface area contributed by atoms with E-state index < -0.39 is 0 Å². The van der Waals surface area contributed by atoms with E-state index in [2.05, 4.69) is 26.7 Å². The van der Waals surface area contributed by atoms with Gasteiger partial charge in [0.25, 0.3) is 0 Å². The van der Waals surface area contributed by atoms with Crippen LogP contribution in [0.1, 0.15) is 19.0 Å². The van der Waals surface area contributed by atoms with E-state index in [-0.39, 0.29) is 0 Å². The quantitative estimate of drug-likeness (QED) is 0.737. The summed E-state index contributed by atoms with van der Waals surface area (Å²) >= 11 is 0. The fraction of sp³-hybridized carbons (Fsp3) is 0.583. The summed E-state index contributed by atoms with van der Waals surface area (Å²) in [6.07, 6.45) is 2.67.